The van der Waals surface area contributed by atoms with Crippen molar-refractivity contribution >= 4 is 17.3 Å². The van der Waals surface area contributed by atoms with Crippen LogP contribution in [-0.2, 0) is 0 Å². The van der Waals surface area contributed by atoms with Crippen molar-refractivity contribution in [1.82, 2.24) is 0 Å². The van der Waals surface area contributed by atoms with Gasteiger partial charge in [0.15, 0.2) is 0 Å². The number of piperidine rings is 1. The van der Waals surface area contributed by atoms with E-state index in [1.54, 1.807) is 12.1 Å². The van der Waals surface area contributed by atoms with E-state index in [4.69, 9.17) is 4.74 Å². The lowest BCUT2D eigenvalue weighted by atomic mass is 10.1. The van der Waals surface area contributed by atoms with Crippen LogP contribution in [0.4, 0.5) is 11.4 Å². The zero-order valence-electron chi connectivity index (χ0n) is 13.8. The average Bonchev–Trinajstić information content (AvgIpc) is 2.62. The Balaban J connectivity index is 1.82. The van der Waals surface area contributed by atoms with Crippen LogP contribution in [0.1, 0.15) is 29.6 Å². The van der Waals surface area contributed by atoms with Gasteiger partial charge < -0.3 is 20.1 Å². The highest BCUT2D eigenvalue weighted by molar-refractivity contribution is 6.07. The molecule has 5 heteroatoms. The number of phenolic OH excluding ortho intramolecular Hbond substituents is 1. The molecule has 126 valence electrons. The van der Waals surface area contributed by atoms with Gasteiger partial charge in [-0.15, -0.1) is 0 Å². The van der Waals surface area contributed by atoms with Crippen LogP contribution in [0, 0.1) is 0 Å². The van der Waals surface area contributed by atoms with Gasteiger partial charge in [0.1, 0.15) is 11.5 Å². The number of phenols is 1. The van der Waals surface area contributed by atoms with E-state index in [2.05, 4.69) is 10.2 Å². The highest BCUT2D eigenvalue weighted by atomic mass is 16.5. The number of methoxy groups -OCH3 is 1. The lowest BCUT2D eigenvalue weighted by Gasteiger charge is -2.30. The van der Waals surface area contributed by atoms with E-state index >= 15 is 0 Å². The van der Waals surface area contributed by atoms with Gasteiger partial charge in [-0.05, 0) is 43.5 Å². The summed E-state index contributed by atoms with van der Waals surface area (Å²) in [5.41, 5.74) is 2.02. The molecule has 1 aliphatic rings. The van der Waals surface area contributed by atoms with Crippen molar-refractivity contribution in [2.45, 2.75) is 19.3 Å². The number of benzene rings is 2. The standard InChI is InChI=1S/C19H22N2O3/c1-24-14-9-10-15(18(22)13-14)19(23)20-16-7-3-4-8-17(16)21-11-5-2-6-12-21/h3-4,7-10,13,22H,2,5-6,11-12H2,1H3,(H,20,23). The van der Waals surface area contributed by atoms with Gasteiger partial charge >= 0.3 is 0 Å². The molecular formula is C19H22N2O3. The molecular weight excluding hydrogens is 304 g/mol. The summed E-state index contributed by atoms with van der Waals surface area (Å²) in [7, 11) is 1.52. The van der Waals surface area contributed by atoms with E-state index in [1.807, 2.05) is 24.3 Å². The van der Waals surface area contributed by atoms with Crippen LogP contribution in [0.25, 0.3) is 0 Å². The molecule has 2 N–H and O–H groups in total. The van der Waals surface area contributed by atoms with Crippen molar-refractivity contribution in [2.75, 3.05) is 30.4 Å². The summed E-state index contributed by atoms with van der Waals surface area (Å²) in [6, 6.07) is 12.4. The maximum Gasteiger partial charge on any atom is 0.259 e. The van der Waals surface area contributed by atoms with Gasteiger partial charge in [-0.3, -0.25) is 4.79 Å². The van der Waals surface area contributed by atoms with Gasteiger partial charge in [0, 0.05) is 19.2 Å². The van der Waals surface area contributed by atoms with Crippen molar-refractivity contribution < 1.29 is 14.6 Å². The number of para-hydroxylation sites is 2. The fraction of sp³-hybridized carbons (Fsp3) is 0.316. The Morgan fingerprint density at radius 3 is 2.58 bits per heavy atom. The molecule has 1 fully saturated rings. The molecule has 24 heavy (non-hydrogen) atoms. The third-order valence-corrected chi connectivity index (χ3v) is 4.30. The van der Waals surface area contributed by atoms with Crippen LogP contribution in [0.15, 0.2) is 42.5 Å². The minimum absolute atomic E-state index is 0.0951. The van der Waals surface area contributed by atoms with E-state index in [0.717, 1.165) is 24.5 Å². The van der Waals surface area contributed by atoms with Crippen molar-refractivity contribution in [2.24, 2.45) is 0 Å². The van der Waals surface area contributed by atoms with Crippen molar-refractivity contribution in [3.8, 4) is 11.5 Å². The fourth-order valence-electron chi connectivity index (χ4n) is 3.01. The van der Waals surface area contributed by atoms with Gasteiger partial charge in [-0.2, -0.15) is 0 Å². The summed E-state index contributed by atoms with van der Waals surface area (Å²) in [6.07, 6.45) is 3.59. The first kappa shape index (κ1) is 16.2. The summed E-state index contributed by atoms with van der Waals surface area (Å²) in [4.78, 5) is 14.8. The van der Waals surface area contributed by atoms with Crippen LogP contribution in [0.2, 0.25) is 0 Å². The minimum Gasteiger partial charge on any atom is -0.507 e. The fourth-order valence-corrected chi connectivity index (χ4v) is 3.01. The van der Waals surface area contributed by atoms with Crippen LogP contribution in [0.3, 0.4) is 0 Å². The zero-order valence-corrected chi connectivity index (χ0v) is 13.8. The molecule has 0 aromatic heterocycles. The lowest BCUT2D eigenvalue weighted by molar-refractivity contribution is 0.102. The Hall–Kier alpha value is -2.69. The molecule has 0 aliphatic carbocycles. The molecule has 5 nitrogen and oxygen atoms in total. The molecule has 0 unspecified atom stereocenters. The monoisotopic (exact) mass is 326 g/mol. The van der Waals surface area contributed by atoms with Gasteiger partial charge in [0.05, 0.1) is 24.0 Å². The predicted octanol–water partition coefficient (Wildman–Crippen LogP) is 3.64. The van der Waals surface area contributed by atoms with E-state index in [0.29, 0.717) is 5.75 Å². The number of hydrogen-bond acceptors (Lipinski definition) is 4. The topological polar surface area (TPSA) is 61.8 Å². The number of nitrogens with one attached hydrogen (secondary N) is 1. The number of aromatic hydroxyl groups is 1. The summed E-state index contributed by atoms with van der Waals surface area (Å²) >= 11 is 0. The quantitative estimate of drug-likeness (QED) is 0.900. The van der Waals surface area contributed by atoms with Crippen molar-refractivity contribution in [3.63, 3.8) is 0 Å². The molecule has 0 atom stereocenters. The number of rotatable bonds is 4. The summed E-state index contributed by atoms with van der Waals surface area (Å²) in [5, 5.41) is 13.0. The van der Waals surface area contributed by atoms with Crippen LogP contribution in [-0.4, -0.2) is 31.2 Å². The molecule has 1 heterocycles. The minimum atomic E-state index is -0.334. The van der Waals surface area contributed by atoms with Gasteiger partial charge in [0.2, 0.25) is 0 Å². The normalized spacial score (nSPS) is 14.3. The number of amides is 1. The van der Waals surface area contributed by atoms with Crippen LogP contribution < -0.4 is 15.0 Å². The van der Waals surface area contributed by atoms with E-state index in [9.17, 15) is 9.90 Å². The summed E-state index contributed by atoms with van der Waals surface area (Å²) in [6.45, 7) is 2.00. The second-order valence-electron chi connectivity index (χ2n) is 5.90. The Labute approximate surface area is 141 Å². The second kappa shape index (κ2) is 7.25. The number of anilines is 2. The molecule has 2 aromatic rings. The second-order valence-corrected chi connectivity index (χ2v) is 5.90. The Morgan fingerprint density at radius 1 is 1.12 bits per heavy atom. The number of ether oxygens (including phenoxy) is 1. The van der Waals surface area contributed by atoms with E-state index in [1.165, 1.54) is 32.4 Å². The van der Waals surface area contributed by atoms with Crippen molar-refractivity contribution in [3.05, 3.63) is 48.0 Å². The van der Waals surface area contributed by atoms with Crippen LogP contribution >= 0.6 is 0 Å². The predicted molar refractivity (Wildman–Crippen MR) is 95.1 cm³/mol. The van der Waals surface area contributed by atoms with Gasteiger partial charge in [-0.25, -0.2) is 0 Å². The number of carbonyl (C=O) groups is 1. The smallest absolute Gasteiger partial charge is 0.259 e. The third-order valence-electron chi connectivity index (χ3n) is 4.30. The highest BCUT2D eigenvalue weighted by Gasteiger charge is 2.17. The Kier molecular flexibility index (Phi) is 4.89. The highest BCUT2D eigenvalue weighted by Crippen LogP contribution is 2.30. The first-order chi connectivity index (χ1) is 11.7. The molecule has 1 saturated heterocycles. The van der Waals surface area contributed by atoms with E-state index in [-0.39, 0.29) is 17.2 Å². The third kappa shape index (κ3) is 3.45. The van der Waals surface area contributed by atoms with Gasteiger partial charge in [0.25, 0.3) is 5.91 Å². The molecule has 1 aliphatic heterocycles. The largest absolute Gasteiger partial charge is 0.507 e. The summed E-state index contributed by atoms with van der Waals surface area (Å²) in [5.74, 6) is 0.0830. The zero-order chi connectivity index (χ0) is 16.9. The maximum atomic E-state index is 12.5. The summed E-state index contributed by atoms with van der Waals surface area (Å²) < 4.78 is 5.05. The first-order valence-electron chi connectivity index (χ1n) is 8.21. The molecule has 2 aromatic carbocycles. The lowest BCUT2D eigenvalue weighted by Crippen LogP contribution is -2.30. The Morgan fingerprint density at radius 2 is 1.88 bits per heavy atom. The number of hydrogen-bond donors (Lipinski definition) is 2. The molecule has 3 rings (SSSR count). The SMILES string of the molecule is COc1ccc(C(=O)Nc2ccccc2N2CCCCC2)c(O)c1. The first-order valence-corrected chi connectivity index (χ1v) is 8.21. The number of nitrogens with zero attached hydrogens (tertiary/aromatic N) is 1. The Bertz CT molecular complexity index is 724. The average molecular weight is 326 g/mol. The van der Waals surface area contributed by atoms with Crippen LogP contribution in [0.5, 0.6) is 11.5 Å². The van der Waals surface area contributed by atoms with Crippen molar-refractivity contribution in [1.29, 1.82) is 0 Å². The maximum absolute atomic E-state index is 12.5. The molecule has 0 saturated carbocycles. The van der Waals surface area contributed by atoms with Gasteiger partial charge in [-0.1, -0.05) is 12.1 Å². The molecule has 1 amide bonds. The molecule has 0 radical (unpaired) electrons. The van der Waals surface area contributed by atoms with E-state index < -0.39 is 0 Å². The number of carbonyl (C=O) groups excluding carboxylic acids is 1. The molecule has 0 bridgehead atoms. The molecule has 0 spiro atoms.